The summed E-state index contributed by atoms with van der Waals surface area (Å²) in [6.45, 7) is 0. The predicted octanol–water partition coefficient (Wildman–Crippen LogP) is 3.74. The van der Waals surface area contributed by atoms with E-state index in [0.717, 1.165) is 22.5 Å². The van der Waals surface area contributed by atoms with Crippen LogP contribution in [0.2, 0.25) is 0 Å². The zero-order valence-electron chi connectivity index (χ0n) is 13.2. The normalized spacial score (nSPS) is 10.4. The van der Waals surface area contributed by atoms with Crippen LogP contribution in [-0.2, 0) is 0 Å². The molecule has 4 rings (SSSR count). The first-order valence-corrected chi connectivity index (χ1v) is 7.75. The number of nitrogens with one attached hydrogen (secondary N) is 1. The summed E-state index contributed by atoms with van der Waals surface area (Å²) in [5.41, 5.74) is 3.47. The lowest BCUT2D eigenvalue weighted by Gasteiger charge is -2.10. The van der Waals surface area contributed by atoms with Crippen LogP contribution >= 0.6 is 0 Å². The van der Waals surface area contributed by atoms with Crippen molar-refractivity contribution in [3.05, 3.63) is 79.6 Å². The van der Waals surface area contributed by atoms with Gasteiger partial charge in [0.25, 0.3) is 0 Å². The summed E-state index contributed by atoms with van der Waals surface area (Å²) in [5.74, 6) is 1.30. The first-order chi connectivity index (χ1) is 12.4. The molecular formula is C19H14N6. The van der Waals surface area contributed by atoms with E-state index in [4.69, 9.17) is 0 Å². The van der Waals surface area contributed by atoms with Crippen molar-refractivity contribution in [2.24, 2.45) is 0 Å². The standard InChI is InChI=1S/C19H14N6/c1-3-14(12-21-7-1)17-11-18(23-16-5-9-20-10-6-16)25-19(24-17)15-4-2-8-22-13-15/h1-13H,(H,20,23,24,25). The average Bonchev–Trinajstić information content (AvgIpc) is 2.70. The Morgan fingerprint density at radius 3 is 2.08 bits per heavy atom. The predicted molar refractivity (Wildman–Crippen MR) is 96.0 cm³/mol. The van der Waals surface area contributed by atoms with Crippen molar-refractivity contribution in [3.63, 3.8) is 0 Å². The summed E-state index contributed by atoms with van der Waals surface area (Å²) in [7, 11) is 0. The summed E-state index contributed by atoms with van der Waals surface area (Å²) in [6.07, 6.45) is 10.5. The second kappa shape index (κ2) is 6.84. The molecular weight excluding hydrogens is 312 g/mol. The Hall–Kier alpha value is -3.67. The van der Waals surface area contributed by atoms with Gasteiger partial charge in [-0.05, 0) is 36.4 Å². The van der Waals surface area contributed by atoms with E-state index < -0.39 is 0 Å². The third-order valence-electron chi connectivity index (χ3n) is 3.56. The minimum absolute atomic E-state index is 0.603. The molecule has 0 bridgehead atoms. The van der Waals surface area contributed by atoms with Gasteiger partial charge in [0.2, 0.25) is 0 Å². The summed E-state index contributed by atoms with van der Waals surface area (Å²) in [6, 6.07) is 13.3. The largest absolute Gasteiger partial charge is 0.340 e. The number of aromatic nitrogens is 5. The lowest BCUT2D eigenvalue weighted by atomic mass is 10.2. The van der Waals surface area contributed by atoms with Gasteiger partial charge in [-0.1, -0.05) is 0 Å². The van der Waals surface area contributed by atoms with Crippen molar-refractivity contribution in [2.75, 3.05) is 5.32 Å². The molecule has 0 fully saturated rings. The van der Waals surface area contributed by atoms with Crippen molar-refractivity contribution in [2.45, 2.75) is 0 Å². The molecule has 0 aliphatic rings. The molecule has 0 aromatic carbocycles. The Labute approximate surface area is 144 Å². The van der Waals surface area contributed by atoms with E-state index in [1.165, 1.54) is 0 Å². The van der Waals surface area contributed by atoms with Crippen molar-refractivity contribution in [1.82, 2.24) is 24.9 Å². The number of hydrogen-bond acceptors (Lipinski definition) is 6. The van der Waals surface area contributed by atoms with Crippen LogP contribution in [0.5, 0.6) is 0 Å². The maximum absolute atomic E-state index is 4.67. The van der Waals surface area contributed by atoms with Gasteiger partial charge in [0.15, 0.2) is 5.82 Å². The molecule has 0 atom stereocenters. The molecule has 0 saturated heterocycles. The van der Waals surface area contributed by atoms with Gasteiger partial charge in [0.05, 0.1) is 5.69 Å². The van der Waals surface area contributed by atoms with Crippen molar-refractivity contribution in [3.8, 4) is 22.6 Å². The lowest BCUT2D eigenvalue weighted by Crippen LogP contribution is -1.99. The molecule has 120 valence electrons. The highest BCUT2D eigenvalue weighted by Gasteiger charge is 2.09. The Morgan fingerprint density at radius 2 is 1.40 bits per heavy atom. The van der Waals surface area contributed by atoms with Crippen LogP contribution in [0.4, 0.5) is 11.5 Å². The molecule has 0 aliphatic carbocycles. The molecule has 4 aromatic rings. The van der Waals surface area contributed by atoms with Crippen LogP contribution in [0, 0.1) is 0 Å². The zero-order valence-corrected chi connectivity index (χ0v) is 13.2. The Bertz CT molecular complexity index is 901. The van der Waals surface area contributed by atoms with Gasteiger partial charge in [-0.15, -0.1) is 0 Å². The molecule has 0 radical (unpaired) electrons. The van der Waals surface area contributed by atoms with Crippen molar-refractivity contribution >= 4 is 11.5 Å². The van der Waals surface area contributed by atoms with Gasteiger partial charge < -0.3 is 5.32 Å². The fourth-order valence-electron chi connectivity index (χ4n) is 2.38. The highest BCUT2D eigenvalue weighted by Crippen LogP contribution is 2.25. The smallest absolute Gasteiger partial charge is 0.163 e. The van der Waals surface area contributed by atoms with Gasteiger partial charge in [0, 0.05) is 60.1 Å². The SMILES string of the molecule is c1cncc(-c2cc(Nc3ccncc3)nc(-c3cccnc3)n2)c1. The molecule has 0 aliphatic heterocycles. The van der Waals surface area contributed by atoms with Crippen LogP contribution in [0.15, 0.2) is 79.6 Å². The lowest BCUT2D eigenvalue weighted by molar-refractivity contribution is 1.16. The molecule has 0 saturated carbocycles. The third-order valence-corrected chi connectivity index (χ3v) is 3.56. The molecule has 6 nitrogen and oxygen atoms in total. The van der Waals surface area contributed by atoms with E-state index in [2.05, 4.69) is 30.2 Å². The highest BCUT2D eigenvalue weighted by molar-refractivity contribution is 5.69. The van der Waals surface area contributed by atoms with Crippen molar-refractivity contribution in [1.29, 1.82) is 0 Å². The average molecular weight is 326 g/mol. The zero-order chi connectivity index (χ0) is 16.9. The molecule has 25 heavy (non-hydrogen) atoms. The van der Waals surface area contributed by atoms with Gasteiger partial charge in [0.1, 0.15) is 5.82 Å². The quantitative estimate of drug-likeness (QED) is 0.615. The first-order valence-electron chi connectivity index (χ1n) is 7.75. The van der Waals surface area contributed by atoms with E-state index >= 15 is 0 Å². The second-order valence-electron chi connectivity index (χ2n) is 5.31. The van der Waals surface area contributed by atoms with Gasteiger partial charge in [-0.25, -0.2) is 9.97 Å². The third kappa shape index (κ3) is 3.48. The van der Waals surface area contributed by atoms with Gasteiger partial charge >= 0.3 is 0 Å². The van der Waals surface area contributed by atoms with Crippen LogP contribution in [0.25, 0.3) is 22.6 Å². The Balaban J connectivity index is 1.80. The molecule has 0 spiro atoms. The van der Waals surface area contributed by atoms with Crippen LogP contribution in [0.1, 0.15) is 0 Å². The van der Waals surface area contributed by atoms with Crippen LogP contribution < -0.4 is 5.32 Å². The van der Waals surface area contributed by atoms with Gasteiger partial charge in [-0.3, -0.25) is 15.0 Å². The van der Waals surface area contributed by atoms with Crippen LogP contribution in [0.3, 0.4) is 0 Å². The molecule has 0 amide bonds. The Morgan fingerprint density at radius 1 is 0.680 bits per heavy atom. The molecule has 4 heterocycles. The van der Waals surface area contributed by atoms with E-state index in [0.29, 0.717) is 11.6 Å². The monoisotopic (exact) mass is 326 g/mol. The summed E-state index contributed by atoms with van der Waals surface area (Å²) >= 11 is 0. The molecule has 4 aromatic heterocycles. The molecule has 1 N–H and O–H groups in total. The van der Waals surface area contributed by atoms with E-state index in [1.54, 1.807) is 37.2 Å². The fraction of sp³-hybridized carbons (Fsp3) is 0. The number of nitrogens with zero attached hydrogens (tertiary/aromatic N) is 5. The van der Waals surface area contributed by atoms with Gasteiger partial charge in [-0.2, -0.15) is 0 Å². The number of rotatable bonds is 4. The Kier molecular flexibility index (Phi) is 4.07. The topological polar surface area (TPSA) is 76.5 Å². The number of anilines is 2. The van der Waals surface area contributed by atoms with E-state index in [1.807, 2.05) is 42.5 Å². The van der Waals surface area contributed by atoms with E-state index in [9.17, 15) is 0 Å². The molecule has 0 unspecified atom stereocenters. The molecule has 6 heteroatoms. The minimum Gasteiger partial charge on any atom is -0.340 e. The first kappa shape index (κ1) is 14.9. The maximum Gasteiger partial charge on any atom is 0.163 e. The summed E-state index contributed by atoms with van der Waals surface area (Å²) in [4.78, 5) is 21.7. The van der Waals surface area contributed by atoms with E-state index in [-0.39, 0.29) is 0 Å². The number of hydrogen-bond donors (Lipinski definition) is 1. The van der Waals surface area contributed by atoms with Crippen molar-refractivity contribution < 1.29 is 0 Å². The summed E-state index contributed by atoms with van der Waals surface area (Å²) < 4.78 is 0. The second-order valence-corrected chi connectivity index (χ2v) is 5.31. The highest BCUT2D eigenvalue weighted by atomic mass is 15.0. The summed E-state index contributed by atoms with van der Waals surface area (Å²) in [5, 5.41) is 3.29. The van der Waals surface area contributed by atoms with Crippen LogP contribution in [-0.4, -0.2) is 24.9 Å². The fourth-order valence-corrected chi connectivity index (χ4v) is 2.38. The minimum atomic E-state index is 0.603. The maximum atomic E-state index is 4.67. The number of pyridine rings is 3.